The Kier molecular flexibility index (Phi) is 7.27. The Bertz CT molecular complexity index is 1390. The van der Waals surface area contributed by atoms with Gasteiger partial charge in [-0.15, -0.1) is 21.5 Å². The van der Waals surface area contributed by atoms with Gasteiger partial charge in [-0.3, -0.25) is 14.4 Å². The summed E-state index contributed by atoms with van der Waals surface area (Å²) in [5.41, 5.74) is 1.72. The summed E-state index contributed by atoms with van der Waals surface area (Å²) in [6.45, 7) is 20.1. The first-order chi connectivity index (χ1) is 20.0. The van der Waals surface area contributed by atoms with Gasteiger partial charge in [0.1, 0.15) is 21.9 Å². The van der Waals surface area contributed by atoms with Crippen LogP contribution < -0.4 is 0 Å². The number of carbonyl (C=O) groups excluding carboxylic acids is 3. The van der Waals surface area contributed by atoms with Crippen LogP contribution in [0.2, 0.25) is 0 Å². The van der Waals surface area contributed by atoms with Crippen LogP contribution in [-0.4, -0.2) is 33.8 Å². The van der Waals surface area contributed by atoms with Crippen molar-refractivity contribution in [2.45, 2.75) is 133 Å². The van der Waals surface area contributed by atoms with E-state index in [0.29, 0.717) is 18.3 Å². The van der Waals surface area contributed by atoms with Crippen LogP contribution in [0.4, 0.5) is 0 Å². The highest BCUT2D eigenvalue weighted by molar-refractivity contribution is 7.11. The zero-order valence-electron chi connectivity index (χ0n) is 27.9. The second-order valence-electron chi connectivity index (χ2n) is 16.6. The van der Waals surface area contributed by atoms with Crippen molar-refractivity contribution in [2.75, 3.05) is 0 Å². The van der Waals surface area contributed by atoms with Crippen LogP contribution in [0.3, 0.4) is 0 Å². The Hall–Kier alpha value is -1.89. The molecule has 0 unspecified atom stereocenters. The first-order valence-electron chi connectivity index (χ1n) is 16.8. The van der Waals surface area contributed by atoms with E-state index in [0.717, 1.165) is 67.0 Å². The van der Waals surface area contributed by atoms with Gasteiger partial charge in [-0.25, -0.2) is 0 Å². The van der Waals surface area contributed by atoms with Crippen LogP contribution in [0.25, 0.3) is 0 Å². The standard InChI is InChI=1S/C36H52N2O4S/c1-20(2)30-24(40)19-36(27(41)18-29-38-37-21(3)43-29)17-16-34(8)23(31(30)36)10-11-26-33(7)14-13-28(42-22(4)39)32(5,6)25(33)12-15-35(26,34)9/h20,23,25-26,28H,10-19H2,1-9H3/t23-,25+,26-,28+,33+,34-,35-,36+/m1/s1. The largest absolute Gasteiger partial charge is 0.462 e. The summed E-state index contributed by atoms with van der Waals surface area (Å²) in [5, 5.41) is 10.1. The number of fused-ring (bicyclic) bond motifs is 7. The summed E-state index contributed by atoms with van der Waals surface area (Å²) in [6, 6.07) is 0. The van der Waals surface area contributed by atoms with Crippen molar-refractivity contribution in [3.05, 3.63) is 21.2 Å². The molecule has 5 aliphatic carbocycles. The molecule has 0 N–H and O–H groups in total. The quantitative estimate of drug-likeness (QED) is 0.316. The molecule has 0 aliphatic heterocycles. The lowest BCUT2D eigenvalue weighted by Gasteiger charge is -2.72. The van der Waals surface area contributed by atoms with Gasteiger partial charge in [-0.1, -0.05) is 48.5 Å². The Morgan fingerprint density at radius 2 is 1.65 bits per heavy atom. The Morgan fingerprint density at radius 3 is 2.28 bits per heavy atom. The summed E-state index contributed by atoms with van der Waals surface area (Å²) in [5.74, 6) is 1.62. The van der Waals surface area contributed by atoms with Crippen LogP contribution in [0, 0.1) is 57.7 Å². The lowest BCUT2D eigenvalue weighted by Crippen LogP contribution is -2.66. The molecule has 0 saturated heterocycles. The lowest BCUT2D eigenvalue weighted by molar-refractivity contribution is -0.232. The molecule has 1 aromatic rings. The van der Waals surface area contributed by atoms with E-state index in [-0.39, 0.29) is 63.6 Å². The fourth-order valence-corrected chi connectivity index (χ4v) is 12.8. The first kappa shape index (κ1) is 31.1. The van der Waals surface area contributed by atoms with Gasteiger partial charge in [0.25, 0.3) is 0 Å². The molecule has 4 fully saturated rings. The minimum absolute atomic E-state index is 0.0178. The summed E-state index contributed by atoms with van der Waals surface area (Å²) < 4.78 is 5.92. The molecule has 236 valence electrons. The molecule has 0 amide bonds. The zero-order valence-corrected chi connectivity index (χ0v) is 28.7. The highest BCUT2D eigenvalue weighted by atomic mass is 32.1. The SMILES string of the molecule is CC(=O)O[C@H]1CC[C@]2(C)[C@H]3CC[C@@H]4C5=C(C(C)C)C(=O)C[C@]5(C(=O)Cc5nnc(C)s5)CC[C@@]4(C)[C@]3(C)CC[C@H]2C1(C)C. The van der Waals surface area contributed by atoms with E-state index in [1.165, 1.54) is 16.9 Å². The summed E-state index contributed by atoms with van der Waals surface area (Å²) in [7, 11) is 0. The van der Waals surface area contributed by atoms with Crippen molar-refractivity contribution in [1.29, 1.82) is 0 Å². The average molecular weight is 609 g/mol. The van der Waals surface area contributed by atoms with Crippen LogP contribution >= 0.6 is 11.3 Å². The summed E-state index contributed by atoms with van der Waals surface area (Å²) >= 11 is 1.50. The molecule has 7 heteroatoms. The van der Waals surface area contributed by atoms with Gasteiger partial charge in [-0.2, -0.15) is 0 Å². The Morgan fingerprint density at radius 1 is 0.930 bits per heavy atom. The zero-order chi connectivity index (χ0) is 31.3. The smallest absolute Gasteiger partial charge is 0.302 e. The number of allylic oxidation sites excluding steroid dienone is 2. The van der Waals surface area contributed by atoms with E-state index >= 15 is 0 Å². The van der Waals surface area contributed by atoms with E-state index in [1.54, 1.807) is 6.92 Å². The molecule has 0 radical (unpaired) electrons. The molecule has 6 nitrogen and oxygen atoms in total. The van der Waals surface area contributed by atoms with Gasteiger partial charge in [0.05, 0.1) is 11.8 Å². The molecule has 5 aliphatic rings. The maximum atomic E-state index is 14.4. The predicted molar refractivity (Wildman–Crippen MR) is 168 cm³/mol. The highest BCUT2D eigenvalue weighted by Gasteiger charge is 2.70. The van der Waals surface area contributed by atoms with Gasteiger partial charge in [-0.05, 0) is 109 Å². The lowest BCUT2D eigenvalue weighted by atomic mass is 9.33. The van der Waals surface area contributed by atoms with Crippen molar-refractivity contribution in [2.24, 2.45) is 50.7 Å². The summed E-state index contributed by atoms with van der Waals surface area (Å²) in [6.07, 6.45) is 8.77. The van der Waals surface area contributed by atoms with E-state index < -0.39 is 5.41 Å². The maximum Gasteiger partial charge on any atom is 0.302 e. The molecule has 6 rings (SSSR count). The van der Waals surface area contributed by atoms with E-state index in [1.807, 2.05) is 6.92 Å². The second-order valence-corrected chi connectivity index (χ2v) is 17.8. The molecular formula is C36H52N2O4S. The number of ketones is 2. The van der Waals surface area contributed by atoms with Gasteiger partial charge in [0.15, 0.2) is 5.78 Å². The fraction of sp³-hybridized carbons (Fsp3) is 0.806. The summed E-state index contributed by atoms with van der Waals surface area (Å²) in [4.78, 5) is 40.2. The molecule has 0 bridgehead atoms. The van der Waals surface area contributed by atoms with Gasteiger partial charge in [0, 0.05) is 18.8 Å². The van der Waals surface area contributed by atoms with Crippen LogP contribution in [0.1, 0.15) is 123 Å². The average Bonchev–Trinajstić information content (AvgIpc) is 3.46. The minimum atomic E-state index is -0.686. The van der Waals surface area contributed by atoms with Crippen molar-refractivity contribution in [3.8, 4) is 0 Å². The third kappa shape index (κ3) is 4.25. The fourth-order valence-electron chi connectivity index (χ4n) is 12.1. The molecule has 0 spiro atoms. The number of rotatable bonds is 5. The predicted octanol–water partition coefficient (Wildman–Crippen LogP) is 7.87. The highest BCUT2D eigenvalue weighted by Crippen LogP contribution is 2.76. The number of hydrogen-bond acceptors (Lipinski definition) is 7. The van der Waals surface area contributed by atoms with E-state index in [2.05, 4.69) is 58.7 Å². The number of aromatic nitrogens is 2. The Labute approximate surface area is 262 Å². The molecule has 43 heavy (non-hydrogen) atoms. The molecule has 8 atom stereocenters. The maximum absolute atomic E-state index is 14.4. The van der Waals surface area contributed by atoms with Crippen LogP contribution in [0.15, 0.2) is 11.1 Å². The third-order valence-electron chi connectivity index (χ3n) is 14.1. The normalized spacial score (nSPS) is 41.8. The van der Waals surface area contributed by atoms with Crippen LogP contribution in [0.5, 0.6) is 0 Å². The number of carbonyl (C=O) groups is 3. The molecule has 4 saturated carbocycles. The number of hydrogen-bond donors (Lipinski definition) is 0. The Balaban J connectivity index is 1.39. The number of ether oxygens (including phenoxy) is 1. The van der Waals surface area contributed by atoms with Gasteiger partial charge in [0.2, 0.25) is 0 Å². The molecular weight excluding hydrogens is 556 g/mol. The van der Waals surface area contributed by atoms with Gasteiger partial charge < -0.3 is 4.74 Å². The molecule has 0 aromatic carbocycles. The second kappa shape index (κ2) is 10.1. The van der Waals surface area contributed by atoms with Crippen molar-refractivity contribution in [1.82, 2.24) is 10.2 Å². The number of aryl methyl sites for hydroxylation is 1. The third-order valence-corrected chi connectivity index (χ3v) is 14.9. The van der Waals surface area contributed by atoms with Crippen molar-refractivity contribution >= 4 is 28.9 Å². The van der Waals surface area contributed by atoms with Crippen molar-refractivity contribution < 1.29 is 19.1 Å². The van der Waals surface area contributed by atoms with Gasteiger partial charge >= 0.3 is 5.97 Å². The topological polar surface area (TPSA) is 86.2 Å². The number of esters is 1. The molecule has 1 heterocycles. The van der Waals surface area contributed by atoms with E-state index in [4.69, 9.17) is 4.74 Å². The minimum Gasteiger partial charge on any atom is -0.462 e. The van der Waals surface area contributed by atoms with E-state index in [9.17, 15) is 14.4 Å². The van der Waals surface area contributed by atoms with Crippen molar-refractivity contribution in [3.63, 3.8) is 0 Å². The number of nitrogens with zero attached hydrogens (tertiary/aromatic N) is 2. The number of Topliss-reactive ketones (excluding diaryl/α,β-unsaturated/α-hetero) is 2. The monoisotopic (exact) mass is 608 g/mol. The first-order valence-corrected chi connectivity index (χ1v) is 17.6. The van der Waals surface area contributed by atoms with Crippen LogP contribution in [-0.2, 0) is 25.5 Å². The molecule has 1 aromatic heterocycles.